The van der Waals surface area contributed by atoms with Crippen LogP contribution < -0.4 is 9.47 Å². The summed E-state index contributed by atoms with van der Waals surface area (Å²) >= 11 is 3.35. The van der Waals surface area contributed by atoms with Crippen molar-refractivity contribution in [2.45, 2.75) is 24.3 Å². The van der Waals surface area contributed by atoms with Crippen LogP contribution in [0.2, 0.25) is 0 Å². The summed E-state index contributed by atoms with van der Waals surface area (Å²) in [6.07, 6.45) is 10.1. The Hall–Kier alpha value is -5.44. The number of benzene rings is 6. The molecule has 49 heavy (non-hydrogen) atoms. The van der Waals surface area contributed by atoms with Crippen molar-refractivity contribution in [2.75, 3.05) is 11.4 Å². The third-order valence-corrected chi connectivity index (χ3v) is 11.4. The molecule has 8 rings (SSSR count). The molecule has 0 amide bonds. The van der Waals surface area contributed by atoms with Gasteiger partial charge in [0.15, 0.2) is 6.54 Å². The van der Waals surface area contributed by atoms with Crippen molar-refractivity contribution in [3.05, 3.63) is 131 Å². The second kappa shape index (κ2) is 12.9. The second-order valence-electron chi connectivity index (χ2n) is 11.9. The number of thioether (sulfide) groups is 1. The Bertz CT molecular complexity index is 2570. The van der Waals surface area contributed by atoms with Gasteiger partial charge in [-0.25, -0.2) is 0 Å². The first-order valence-corrected chi connectivity index (χ1v) is 17.8. The summed E-state index contributed by atoms with van der Waals surface area (Å²) < 4.78 is 3.28. The van der Waals surface area contributed by atoms with E-state index in [1.807, 2.05) is 66.8 Å². The fourth-order valence-corrected chi connectivity index (χ4v) is 9.42. The second-order valence-corrected chi connectivity index (χ2v) is 14.0. The lowest BCUT2D eigenvalue weighted by Gasteiger charge is -2.21. The Morgan fingerprint density at radius 3 is 1.88 bits per heavy atom. The monoisotopic (exact) mass is 679 g/mol. The Kier molecular flexibility index (Phi) is 8.11. The summed E-state index contributed by atoms with van der Waals surface area (Å²) in [7, 11) is 0. The van der Waals surface area contributed by atoms with E-state index in [9.17, 15) is 19.8 Å². The highest BCUT2D eigenvalue weighted by Crippen LogP contribution is 2.53. The number of carbonyl (C=O) groups is 2. The molecule has 1 aromatic heterocycles. The summed E-state index contributed by atoms with van der Waals surface area (Å²) in [6, 6.07) is 33.4. The van der Waals surface area contributed by atoms with Gasteiger partial charge in [-0.2, -0.15) is 4.57 Å². The molecule has 0 radical (unpaired) electrons. The molecule has 0 fully saturated rings. The van der Waals surface area contributed by atoms with Gasteiger partial charge in [-0.15, -0.1) is 0 Å². The van der Waals surface area contributed by atoms with Gasteiger partial charge in [-0.05, 0) is 39.1 Å². The minimum atomic E-state index is -0.832. The van der Waals surface area contributed by atoms with E-state index in [1.165, 1.54) is 10.8 Å². The van der Waals surface area contributed by atoms with Crippen LogP contribution in [0.3, 0.4) is 0 Å². The van der Waals surface area contributed by atoms with Crippen LogP contribution in [0.25, 0.3) is 59.4 Å². The van der Waals surface area contributed by atoms with Gasteiger partial charge in [-0.3, -0.25) is 9.59 Å². The highest BCUT2D eigenvalue weighted by atomic mass is 32.2. The van der Waals surface area contributed by atoms with Crippen molar-refractivity contribution < 1.29 is 24.4 Å². The highest BCUT2D eigenvalue weighted by Gasteiger charge is 2.30. The van der Waals surface area contributed by atoms with Gasteiger partial charge in [0.05, 0.1) is 22.5 Å². The topological polar surface area (TPSA) is 81.7 Å². The molecule has 240 valence electrons. The summed E-state index contributed by atoms with van der Waals surface area (Å²) in [5.41, 5.74) is 2.11. The molecular formula is C41H31N2O4S2+. The lowest BCUT2D eigenvalue weighted by Crippen LogP contribution is -2.36. The van der Waals surface area contributed by atoms with Crippen molar-refractivity contribution in [1.82, 2.24) is 0 Å². The maximum atomic E-state index is 11.7. The molecule has 7 aromatic rings. The largest absolute Gasteiger partial charge is 0.481 e. The van der Waals surface area contributed by atoms with E-state index in [-0.39, 0.29) is 12.8 Å². The predicted octanol–water partition coefficient (Wildman–Crippen LogP) is 9.77. The quantitative estimate of drug-likeness (QED) is 0.0898. The number of hydrogen-bond acceptors (Lipinski definition) is 5. The molecule has 6 nitrogen and oxygen atoms in total. The molecule has 0 aliphatic carbocycles. The number of aliphatic carboxylic acids is 2. The zero-order valence-electron chi connectivity index (χ0n) is 26.4. The van der Waals surface area contributed by atoms with E-state index in [0.717, 1.165) is 63.2 Å². The Morgan fingerprint density at radius 1 is 0.653 bits per heavy atom. The first-order chi connectivity index (χ1) is 24.0. The van der Waals surface area contributed by atoms with Crippen molar-refractivity contribution >= 4 is 100 Å². The zero-order chi connectivity index (χ0) is 33.5. The van der Waals surface area contributed by atoms with Gasteiger partial charge in [0, 0.05) is 28.3 Å². The number of allylic oxidation sites excluding steroid dienone is 4. The fraction of sp³-hybridized carbons (Fsp3) is 0.0976. The standard InChI is InChI=1S/C41H30N2O4S2/c44-36(45)22-24-42-34(48-40-32-18-10-6-14-28(32)26-12-4-8-16-30(26)38(40)42)20-2-1-3-21-35-43(25-23-37(46)47)39-31-17-9-5-13-27(31)29-15-7-11-19-33(29)41(39)49-35/h1-21H,22-25H2,(H-,44,45,46,47)/p+1. The van der Waals surface area contributed by atoms with E-state index in [1.54, 1.807) is 23.1 Å². The Balaban J connectivity index is 1.19. The maximum absolute atomic E-state index is 11.7. The molecule has 0 spiro atoms. The third-order valence-electron chi connectivity index (χ3n) is 9.00. The summed E-state index contributed by atoms with van der Waals surface area (Å²) in [6.45, 7) is 0.723. The smallest absolute Gasteiger partial charge is 0.309 e. The molecule has 6 aromatic carbocycles. The van der Waals surface area contributed by atoms with E-state index in [4.69, 9.17) is 0 Å². The zero-order valence-corrected chi connectivity index (χ0v) is 28.0. The number of hydrogen-bond donors (Lipinski definition) is 2. The number of nitrogens with zero attached hydrogens (tertiary/aromatic N) is 2. The molecule has 2 N–H and O–H groups in total. The number of carboxylic acids is 2. The third kappa shape index (κ3) is 5.53. The highest BCUT2D eigenvalue weighted by molar-refractivity contribution is 8.04. The first kappa shape index (κ1) is 30.9. The predicted molar refractivity (Wildman–Crippen MR) is 202 cm³/mol. The number of fused-ring (bicyclic) bond motifs is 12. The van der Waals surface area contributed by atoms with Crippen LogP contribution in [0.5, 0.6) is 0 Å². The van der Waals surface area contributed by atoms with Gasteiger partial charge in [0.1, 0.15) is 11.1 Å². The molecule has 0 bridgehead atoms. The molecule has 0 atom stereocenters. The first-order valence-electron chi connectivity index (χ1n) is 16.1. The SMILES string of the molecule is O=C(O)CCN1\C(=C/C=C/C=C/c2sc3c4ccccc4c4ccccc4c3[n+]2CCC(=O)O)Sc2c1c1ccccc1c1ccccc21. The molecule has 1 aliphatic heterocycles. The van der Waals surface area contributed by atoms with Gasteiger partial charge < -0.3 is 15.1 Å². The van der Waals surface area contributed by atoms with Crippen LogP contribution in [-0.2, 0) is 16.1 Å². The maximum Gasteiger partial charge on any atom is 0.309 e. The number of aryl methyl sites for hydroxylation is 1. The van der Waals surface area contributed by atoms with Crippen LogP contribution in [-0.4, -0.2) is 28.7 Å². The Labute approximate surface area is 290 Å². The number of carboxylic acid groups (broad SMARTS) is 2. The van der Waals surface area contributed by atoms with Gasteiger partial charge in [0.2, 0.25) is 5.52 Å². The van der Waals surface area contributed by atoms with E-state index >= 15 is 0 Å². The van der Waals surface area contributed by atoms with Crippen LogP contribution in [0.4, 0.5) is 5.69 Å². The molecular weight excluding hydrogens is 649 g/mol. The summed E-state index contributed by atoms with van der Waals surface area (Å²) in [5, 5.41) is 30.3. The van der Waals surface area contributed by atoms with Crippen LogP contribution >= 0.6 is 23.1 Å². The lowest BCUT2D eigenvalue weighted by molar-refractivity contribution is -0.667. The molecule has 0 saturated carbocycles. The van der Waals surface area contributed by atoms with Crippen molar-refractivity contribution in [1.29, 1.82) is 0 Å². The molecule has 8 heteroatoms. The summed E-state index contributed by atoms with van der Waals surface area (Å²) in [4.78, 5) is 26.7. The van der Waals surface area contributed by atoms with Gasteiger partial charge >= 0.3 is 11.9 Å². The normalized spacial score (nSPS) is 14.1. The van der Waals surface area contributed by atoms with Crippen molar-refractivity contribution in [2.24, 2.45) is 0 Å². The number of aromatic nitrogens is 1. The lowest BCUT2D eigenvalue weighted by atomic mass is 9.99. The average Bonchev–Trinajstić information content (AvgIpc) is 3.68. The molecule has 2 heterocycles. The number of rotatable bonds is 9. The number of anilines is 1. The van der Waals surface area contributed by atoms with Crippen LogP contribution in [0, 0.1) is 0 Å². The molecule has 0 unspecified atom stereocenters. The fourth-order valence-electron chi connectivity index (χ4n) is 6.91. The van der Waals surface area contributed by atoms with Crippen LogP contribution in [0.1, 0.15) is 17.8 Å². The van der Waals surface area contributed by atoms with E-state index in [2.05, 4.69) is 70.1 Å². The Morgan fingerprint density at radius 2 is 1.20 bits per heavy atom. The van der Waals surface area contributed by atoms with Gasteiger partial charge in [-0.1, -0.05) is 132 Å². The minimum Gasteiger partial charge on any atom is -0.481 e. The average molecular weight is 680 g/mol. The summed E-state index contributed by atoms with van der Waals surface area (Å²) in [5.74, 6) is -1.66. The molecule has 1 aliphatic rings. The van der Waals surface area contributed by atoms with E-state index < -0.39 is 11.9 Å². The molecule has 0 saturated heterocycles. The van der Waals surface area contributed by atoms with Gasteiger partial charge in [0.25, 0.3) is 5.01 Å². The van der Waals surface area contributed by atoms with Crippen LogP contribution in [0.15, 0.2) is 131 Å². The number of thiazole rings is 1. The van der Waals surface area contributed by atoms with Crippen molar-refractivity contribution in [3.8, 4) is 0 Å². The minimum absolute atomic E-state index is 0.0216. The van der Waals surface area contributed by atoms with Crippen molar-refractivity contribution in [3.63, 3.8) is 0 Å². The van der Waals surface area contributed by atoms with E-state index in [0.29, 0.717) is 13.1 Å².